The van der Waals surface area contributed by atoms with Gasteiger partial charge in [-0.2, -0.15) is 11.8 Å². The lowest BCUT2D eigenvalue weighted by atomic mass is 9.93. The van der Waals surface area contributed by atoms with E-state index in [1.54, 1.807) is 11.8 Å². The second-order valence-electron chi connectivity index (χ2n) is 5.30. The molecule has 3 rings (SSSR count). The van der Waals surface area contributed by atoms with Gasteiger partial charge in [-0.25, -0.2) is 4.79 Å². The summed E-state index contributed by atoms with van der Waals surface area (Å²) in [5, 5.41) is 12.6. The van der Waals surface area contributed by atoms with Crippen LogP contribution in [-0.4, -0.2) is 52.5 Å². The molecule has 2 aliphatic rings. The number of fused-ring (bicyclic) bond motifs is 1. The average molecular weight is 306 g/mol. The summed E-state index contributed by atoms with van der Waals surface area (Å²) in [5.41, 5.74) is 2.16. The lowest BCUT2D eigenvalue weighted by Crippen LogP contribution is -2.54. The maximum absolute atomic E-state index is 12.8. The number of carbonyl (C=O) groups is 2. The van der Waals surface area contributed by atoms with E-state index in [-0.39, 0.29) is 5.91 Å². The van der Waals surface area contributed by atoms with Gasteiger partial charge in [-0.05, 0) is 17.5 Å². The van der Waals surface area contributed by atoms with Crippen LogP contribution in [0.1, 0.15) is 17.2 Å². The number of benzene rings is 1. The van der Waals surface area contributed by atoms with Crippen molar-refractivity contribution in [2.75, 3.05) is 24.6 Å². The van der Waals surface area contributed by atoms with Crippen molar-refractivity contribution in [1.82, 2.24) is 10.2 Å². The second kappa shape index (κ2) is 6.07. The van der Waals surface area contributed by atoms with E-state index in [1.807, 2.05) is 24.3 Å². The standard InChI is InChI=1S/C15H18N2O3S/c18-14(17-7-8-21-9-12(17)15(19)20)13-11-4-2-1-3-10(11)5-6-16-13/h1-4,12-13,16H,5-9H2,(H,19,20). The first-order chi connectivity index (χ1) is 10.2. The average Bonchev–Trinajstić information content (AvgIpc) is 2.53. The number of nitrogens with zero attached hydrogens (tertiary/aromatic N) is 1. The SMILES string of the molecule is O=C(O)C1CSCCN1C(=O)C1NCCc2ccccc21. The maximum atomic E-state index is 12.8. The summed E-state index contributed by atoms with van der Waals surface area (Å²) >= 11 is 1.59. The highest BCUT2D eigenvalue weighted by Crippen LogP contribution is 2.27. The summed E-state index contributed by atoms with van der Waals surface area (Å²) in [4.78, 5) is 25.7. The van der Waals surface area contributed by atoms with Crippen LogP contribution < -0.4 is 5.32 Å². The van der Waals surface area contributed by atoms with Crippen LogP contribution in [0.4, 0.5) is 0 Å². The van der Waals surface area contributed by atoms with Gasteiger partial charge in [0.2, 0.25) is 5.91 Å². The number of thioether (sulfide) groups is 1. The van der Waals surface area contributed by atoms with Crippen molar-refractivity contribution in [3.8, 4) is 0 Å². The summed E-state index contributed by atoms with van der Waals surface area (Å²) in [6.07, 6.45) is 0.901. The van der Waals surface area contributed by atoms with Crippen molar-refractivity contribution in [3.05, 3.63) is 35.4 Å². The fourth-order valence-corrected chi connectivity index (χ4v) is 4.00. The van der Waals surface area contributed by atoms with Crippen molar-refractivity contribution >= 4 is 23.6 Å². The topological polar surface area (TPSA) is 69.6 Å². The normalized spacial score (nSPS) is 25.2. The molecule has 0 radical (unpaired) electrons. The Bertz CT molecular complexity index is 564. The third kappa shape index (κ3) is 2.78. The summed E-state index contributed by atoms with van der Waals surface area (Å²) in [6.45, 7) is 1.24. The quantitative estimate of drug-likeness (QED) is 0.850. The number of carboxylic acid groups (broad SMARTS) is 1. The third-order valence-electron chi connectivity index (χ3n) is 4.05. The predicted octanol–water partition coefficient (Wildman–Crippen LogP) is 0.902. The molecule has 0 aliphatic carbocycles. The van der Waals surface area contributed by atoms with Gasteiger partial charge in [0.1, 0.15) is 12.1 Å². The Hall–Kier alpha value is -1.53. The van der Waals surface area contributed by atoms with Crippen LogP contribution >= 0.6 is 11.8 Å². The Balaban J connectivity index is 1.86. The molecule has 1 fully saturated rings. The van der Waals surface area contributed by atoms with Crippen LogP contribution in [0.5, 0.6) is 0 Å². The molecule has 2 N–H and O–H groups in total. The molecular formula is C15H18N2O3S. The monoisotopic (exact) mass is 306 g/mol. The van der Waals surface area contributed by atoms with E-state index >= 15 is 0 Å². The first kappa shape index (κ1) is 14.4. The van der Waals surface area contributed by atoms with Gasteiger partial charge in [0.05, 0.1) is 0 Å². The minimum absolute atomic E-state index is 0.116. The molecule has 0 spiro atoms. The van der Waals surface area contributed by atoms with Gasteiger partial charge < -0.3 is 15.3 Å². The van der Waals surface area contributed by atoms with Crippen LogP contribution in [-0.2, 0) is 16.0 Å². The van der Waals surface area contributed by atoms with E-state index < -0.39 is 18.1 Å². The molecule has 112 valence electrons. The first-order valence-corrected chi connectivity index (χ1v) is 8.26. The number of carbonyl (C=O) groups excluding carboxylic acids is 1. The molecule has 0 bridgehead atoms. The van der Waals surface area contributed by atoms with Crippen LogP contribution in [0.2, 0.25) is 0 Å². The molecule has 2 unspecified atom stereocenters. The highest BCUT2D eigenvalue weighted by Gasteiger charge is 2.37. The number of hydrogen-bond acceptors (Lipinski definition) is 4. The fourth-order valence-electron chi connectivity index (χ4n) is 2.96. The van der Waals surface area contributed by atoms with Crippen molar-refractivity contribution in [2.24, 2.45) is 0 Å². The highest BCUT2D eigenvalue weighted by molar-refractivity contribution is 7.99. The van der Waals surface area contributed by atoms with Gasteiger partial charge in [-0.3, -0.25) is 4.79 Å². The van der Waals surface area contributed by atoms with Gasteiger partial charge in [0.15, 0.2) is 0 Å². The Kier molecular flexibility index (Phi) is 4.17. The summed E-state index contributed by atoms with van der Waals surface area (Å²) in [5.74, 6) is 0.230. The predicted molar refractivity (Wildman–Crippen MR) is 81.4 cm³/mol. The van der Waals surface area contributed by atoms with Crippen LogP contribution in [0.3, 0.4) is 0 Å². The zero-order valence-corrected chi connectivity index (χ0v) is 12.4. The molecule has 1 saturated heterocycles. The molecule has 1 aromatic carbocycles. The van der Waals surface area contributed by atoms with Crippen molar-refractivity contribution < 1.29 is 14.7 Å². The Morgan fingerprint density at radius 2 is 2.14 bits per heavy atom. The van der Waals surface area contributed by atoms with Gasteiger partial charge >= 0.3 is 5.97 Å². The molecule has 2 atom stereocenters. The number of carboxylic acids is 1. The van der Waals surface area contributed by atoms with E-state index in [0.717, 1.165) is 24.3 Å². The van der Waals surface area contributed by atoms with Crippen molar-refractivity contribution in [3.63, 3.8) is 0 Å². The molecule has 21 heavy (non-hydrogen) atoms. The minimum atomic E-state index is -0.917. The van der Waals surface area contributed by atoms with E-state index in [2.05, 4.69) is 5.32 Å². The van der Waals surface area contributed by atoms with E-state index in [4.69, 9.17) is 0 Å². The van der Waals surface area contributed by atoms with Crippen LogP contribution in [0, 0.1) is 0 Å². The highest BCUT2D eigenvalue weighted by atomic mass is 32.2. The Labute approximate surface area is 127 Å². The maximum Gasteiger partial charge on any atom is 0.327 e. The number of aliphatic carboxylic acids is 1. The third-order valence-corrected chi connectivity index (χ3v) is 5.08. The molecule has 0 saturated carbocycles. The van der Waals surface area contributed by atoms with Gasteiger partial charge in [-0.15, -0.1) is 0 Å². The summed E-state index contributed by atoms with van der Waals surface area (Å²) in [6, 6.07) is 6.76. The van der Waals surface area contributed by atoms with Crippen LogP contribution in [0.25, 0.3) is 0 Å². The van der Waals surface area contributed by atoms with Gasteiger partial charge in [-0.1, -0.05) is 24.3 Å². The Morgan fingerprint density at radius 1 is 1.33 bits per heavy atom. The van der Waals surface area contributed by atoms with E-state index in [1.165, 1.54) is 10.5 Å². The molecule has 0 aromatic heterocycles. The lowest BCUT2D eigenvalue weighted by Gasteiger charge is -2.37. The van der Waals surface area contributed by atoms with Crippen molar-refractivity contribution in [2.45, 2.75) is 18.5 Å². The fraction of sp³-hybridized carbons (Fsp3) is 0.467. The number of nitrogens with one attached hydrogen (secondary N) is 1. The van der Waals surface area contributed by atoms with E-state index in [0.29, 0.717) is 12.3 Å². The van der Waals surface area contributed by atoms with Gasteiger partial charge in [0.25, 0.3) is 0 Å². The van der Waals surface area contributed by atoms with Crippen molar-refractivity contribution in [1.29, 1.82) is 0 Å². The molecule has 5 nitrogen and oxygen atoms in total. The summed E-state index contributed by atoms with van der Waals surface area (Å²) in [7, 11) is 0. The largest absolute Gasteiger partial charge is 0.480 e. The lowest BCUT2D eigenvalue weighted by molar-refractivity contribution is -0.150. The summed E-state index contributed by atoms with van der Waals surface area (Å²) < 4.78 is 0. The number of rotatable bonds is 2. The van der Waals surface area contributed by atoms with Crippen LogP contribution in [0.15, 0.2) is 24.3 Å². The van der Waals surface area contributed by atoms with Gasteiger partial charge in [0, 0.05) is 24.6 Å². The first-order valence-electron chi connectivity index (χ1n) is 7.10. The molecule has 2 heterocycles. The minimum Gasteiger partial charge on any atom is -0.480 e. The molecular weight excluding hydrogens is 288 g/mol. The Morgan fingerprint density at radius 3 is 2.95 bits per heavy atom. The zero-order chi connectivity index (χ0) is 14.8. The molecule has 2 aliphatic heterocycles. The zero-order valence-electron chi connectivity index (χ0n) is 11.6. The molecule has 1 aromatic rings. The molecule has 1 amide bonds. The smallest absolute Gasteiger partial charge is 0.327 e. The van der Waals surface area contributed by atoms with E-state index in [9.17, 15) is 14.7 Å². The number of amides is 1. The molecule has 6 heteroatoms. The second-order valence-corrected chi connectivity index (χ2v) is 6.45. The number of hydrogen-bond donors (Lipinski definition) is 2.